The van der Waals surface area contributed by atoms with Crippen molar-refractivity contribution in [2.75, 3.05) is 6.54 Å². The molecule has 2 N–H and O–H groups in total. The van der Waals surface area contributed by atoms with Crippen LogP contribution in [0.3, 0.4) is 0 Å². The maximum absolute atomic E-state index is 11.7. The van der Waals surface area contributed by atoms with Crippen LogP contribution in [0.2, 0.25) is 0 Å². The highest BCUT2D eigenvalue weighted by Crippen LogP contribution is 2.05. The van der Waals surface area contributed by atoms with Gasteiger partial charge in [-0.3, -0.25) is 4.79 Å². The lowest BCUT2D eigenvalue weighted by molar-refractivity contribution is -0.122. The summed E-state index contributed by atoms with van der Waals surface area (Å²) in [5.74, 6) is 0.122. The monoisotopic (exact) mass is 228 g/mol. The molecule has 2 unspecified atom stereocenters. The topological polar surface area (TPSA) is 41.1 Å². The highest BCUT2D eigenvalue weighted by atomic mass is 16.2. The van der Waals surface area contributed by atoms with E-state index in [0.717, 1.165) is 19.4 Å². The van der Waals surface area contributed by atoms with E-state index in [0.29, 0.717) is 6.04 Å². The molecule has 0 aliphatic carbocycles. The molecule has 0 saturated heterocycles. The van der Waals surface area contributed by atoms with Crippen LogP contribution in [0.25, 0.3) is 0 Å². The Balaban J connectivity index is 3.88. The molecule has 0 fully saturated rings. The average Bonchev–Trinajstić information content (AvgIpc) is 2.30. The molecule has 0 spiro atoms. The molecule has 0 saturated carbocycles. The Morgan fingerprint density at radius 1 is 1.19 bits per heavy atom. The lowest BCUT2D eigenvalue weighted by Crippen LogP contribution is -2.46. The highest BCUT2D eigenvalue weighted by molar-refractivity contribution is 5.81. The summed E-state index contributed by atoms with van der Waals surface area (Å²) < 4.78 is 0. The zero-order valence-corrected chi connectivity index (χ0v) is 11.3. The van der Waals surface area contributed by atoms with Crippen LogP contribution >= 0.6 is 0 Å². The van der Waals surface area contributed by atoms with E-state index in [9.17, 15) is 4.79 Å². The predicted molar refractivity (Wildman–Crippen MR) is 69.5 cm³/mol. The number of carbonyl (C=O) groups is 1. The van der Waals surface area contributed by atoms with Gasteiger partial charge < -0.3 is 10.6 Å². The molecule has 0 aromatic heterocycles. The minimum absolute atomic E-state index is 0.0756. The smallest absolute Gasteiger partial charge is 0.236 e. The molecule has 3 heteroatoms. The van der Waals surface area contributed by atoms with Gasteiger partial charge in [0.05, 0.1) is 6.04 Å². The van der Waals surface area contributed by atoms with Crippen molar-refractivity contribution >= 4 is 5.91 Å². The third-order valence-corrected chi connectivity index (χ3v) is 2.83. The van der Waals surface area contributed by atoms with Crippen LogP contribution in [0.15, 0.2) is 0 Å². The molecular weight excluding hydrogens is 200 g/mol. The number of hydrogen-bond acceptors (Lipinski definition) is 2. The largest absolute Gasteiger partial charge is 0.355 e. The molecular formula is C13H28N2O. The van der Waals surface area contributed by atoms with Crippen molar-refractivity contribution < 1.29 is 4.79 Å². The van der Waals surface area contributed by atoms with Crippen LogP contribution in [0.5, 0.6) is 0 Å². The van der Waals surface area contributed by atoms with Crippen molar-refractivity contribution in [1.82, 2.24) is 10.6 Å². The summed E-state index contributed by atoms with van der Waals surface area (Å²) in [6.45, 7) is 9.15. The molecule has 96 valence electrons. The molecule has 3 nitrogen and oxygen atoms in total. The lowest BCUT2D eigenvalue weighted by Gasteiger charge is -2.21. The fraction of sp³-hybridized carbons (Fsp3) is 0.923. The third kappa shape index (κ3) is 6.83. The van der Waals surface area contributed by atoms with Gasteiger partial charge in [0.2, 0.25) is 5.91 Å². The molecule has 0 heterocycles. The van der Waals surface area contributed by atoms with Gasteiger partial charge in [0.15, 0.2) is 0 Å². The number of amides is 1. The van der Waals surface area contributed by atoms with E-state index in [4.69, 9.17) is 0 Å². The van der Waals surface area contributed by atoms with Crippen LogP contribution < -0.4 is 10.6 Å². The van der Waals surface area contributed by atoms with Gasteiger partial charge in [-0.25, -0.2) is 0 Å². The van der Waals surface area contributed by atoms with E-state index in [2.05, 4.69) is 31.4 Å². The number of nitrogens with one attached hydrogen (secondary N) is 2. The Bertz CT molecular complexity index is 183. The molecule has 1 amide bonds. The Labute approximate surface area is 100 Å². The van der Waals surface area contributed by atoms with Crippen molar-refractivity contribution in [3.8, 4) is 0 Å². The maximum atomic E-state index is 11.7. The van der Waals surface area contributed by atoms with Crippen molar-refractivity contribution in [2.24, 2.45) is 0 Å². The highest BCUT2D eigenvalue weighted by Gasteiger charge is 2.15. The first-order valence-electron chi connectivity index (χ1n) is 6.69. The molecule has 2 atom stereocenters. The van der Waals surface area contributed by atoms with Crippen LogP contribution in [0, 0.1) is 0 Å². The van der Waals surface area contributed by atoms with Crippen LogP contribution in [-0.4, -0.2) is 24.5 Å². The van der Waals surface area contributed by atoms with Gasteiger partial charge in [0.1, 0.15) is 0 Å². The molecule has 0 radical (unpaired) electrons. The second kappa shape index (κ2) is 9.64. The molecule has 0 aliphatic rings. The Kier molecular flexibility index (Phi) is 9.30. The third-order valence-electron chi connectivity index (χ3n) is 2.83. The molecule has 0 aliphatic heterocycles. The van der Waals surface area contributed by atoms with Crippen molar-refractivity contribution in [1.29, 1.82) is 0 Å². The first-order valence-corrected chi connectivity index (χ1v) is 6.69. The van der Waals surface area contributed by atoms with Gasteiger partial charge in [0, 0.05) is 12.6 Å². The summed E-state index contributed by atoms with van der Waals surface area (Å²) in [6, 6.07) is 0.399. The molecule has 0 aromatic carbocycles. The average molecular weight is 228 g/mol. The number of hydrogen-bond donors (Lipinski definition) is 2. The minimum atomic E-state index is -0.0756. The van der Waals surface area contributed by atoms with Crippen LogP contribution in [-0.2, 0) is 4.79 Å². The fourth-order valence-corrected chi connectivity index (χ4v) is 1.69. The van der Waals surface area contributed by atoms with E-state index < -0.39 is 0 Å². The van der Waals surface area contributed by atoms with Gasteiger partial charge >= 0.3 is 0 Å². The van der Waals surface area contributed by atoms with Gasteiger partial charge in [0.25, 0.3) is 0 Å². The Morgan fingerprint density at radius 2 is 1.88 bits per heavy atom. The lowest BCUT2D eigenvalue weighted by atomic mass is 10.1. The number of carbonyl (C=O) groups excluding carboxylic acids is 1. The van der Waals surface area contributed by atoms with Crippen molar-refractivity contribution in [2.45, 2.75) is 71.9 Å². The molecule has 0 rings (SSSR count). The van der Waals surface area contributed by atoms with Crippen molar-refractivity contribution in [3.63, 3.8) is 0 Å². The van der Waals surface area contributed by atoms with E-state index in [-0.39, 0.29) is 11.9 Å². The summed E-state index contributed by atoms with van der Waals surface area (Å²) in [5, 5.41) is 6.31. The first kappa shape index (κ1) is 15.4. The molecule has 0 bridgehead atoms. The summed E-state index contributed by atoms with van der Waals surface area (Å²) in [4.78, 5) is 11.7. The van der Waals surface area contributed by atoms with E-state index in [1.165, 1.54) is 19.3 Å². The van der Waals surface area contributed by atoms with Gasteiger partial charge in [-0.05, 0) is 26.2 Å². The Morgan fingerprint density at radius 3 is 2.38 bits per heavy atom. The SMILES string of the molecule is CCCCC(CC)NC(C)C(=O)NCCC. The normalized spacial score (nSPS) is 14.5. The standard InChI is InChI=1S/C13H28N2O/c1-5-8-9-12(7-3)15-11(4)13(16)14-10-6-2/h11-12,15H,5-10H2,1-4H3,(H,14,16). The molecule has 16 heavy (non-hydrogen) atoms. The zero-order chi connectivity index (χ0) is 12.4. The molecule has 0 aromatic rings. The quantitative estimate of drug-likeness (QED) is 0.636. The number of unbranched alkanes of at least 4 members (excludes halogenated alkanes) is 1. The van der Waals surface area contributed by atoms with E-state index in [1.54, 1.807) is 0 Å². The summed E-state index contributed by atoms with van der Waals surface area (Å²) in [7, 11) is 0. The zero-order valence-electron chi connectivity index (χ0n) is 11.3. The summed E-state index contributed by atoms with van der Waals surface area (Å²) >= 11 is 0. The first-order chi connectivity index (χ1) is 7.65. The maximum Gasteiger partial charge on any atom is 0.236 e. The van der Waals surface area contributed by atoms with Crippen molar-refractivity contribution in [3.05, 3.63) is 0 Å². The van der Waals surface area contributed by atoms with E-state index >= 15 is 0 Å². The van der Waals surface area contributed by atoms with Gasteiger partial charge in [-0.1, -0.05) is 33.6 Å². The fourth-order valence-electron chi connectivity index (χ4n) is 1.69. The van der Waals surface area contributed by atoms with E-state index in [1.807, 2.05) is 6.92 Å². The number of rotatable bonds is 9. The van der Waals surface area contributed by atoms with Gasteiger partial charge in [-0.15, -0.1) is 0 Å². The Hall–Kier alpha value is -0.570. The predicted octanol–water partition coefficient (Wildman–Crippen LogP) is 2.46. The van der Waals surface area contributed by atoms with Crippen LogP contribution in [0.4, 0.5) is 0 Å². The van der Waals surface area contributed by atoms with Gasteiger partial charge in [-0.2, -0.15) is 0 Å². The minimum Gasteiger partial charge on any atom is -0.355 e. The second-order valence-electron chi connectivity index (χ2n) is 4.43. The second-order valence-corrected chi connectivity index (χ2v) is 4.43. The van der Waals surface area contributed by atoms with Crippen LogP contribution in [0.1, 0.15) is 59.8 Å². The summed E-state index contributed by atoms with van der Waals surface area (Å²) in [5.41, 5.74) is 0. The summed E-state index contributed by atoms with van der Waals surface area (Å²) in [6.07, 6.45) is 5.69.